The molecule has 0 aliphatic carbocycles. The fraction of sp³-hybridized carbons (Fsp3) is 0.271. The van der Waals surface area contributed by atoms with Crippen LogP contribution in [0.5, 0.6) is 0 Å². The number of aromatic nitrogens is 4. The van der Waals surface area contributed by atoms with Crippen molar-refractivity contribution in [3.63, 3.8) is 0 Å². The van der Waals surface area contributed by atoms with Crippen LogP contribution in [0.2, 0.25) is 0 Å². The molecule has 10 aromatic rings. The van der Waals surface area contributed by atoms with Crippen LogP contribution < -0.4 is 0 Å². The summed E-state index contributed by atoms with van der Waals surface area (Å²) in [4.78, 5) is 14.6. The number of halogens is 1. The maximum absolute atomic E-state index is 14.1. The zero-order valence-corrected chi connectivity index (χ0v) is 41.9. The summed E-state index contributed by atoms with van der Waals surface area (Å²) in [6.07, 6.45) is 3.60. The van der Waals surface area contributed by atoms with Crippen molar-refractivity contribution in [1.29, 1.82) is 0 Å². The van der Waals surface area contributed by atoms with Crippen LogP contribution in [0.25, 0.3) is 82.8 Å². The number of fused-ring (bicyclic) bond motifs is 7. The van der Waals surface area contributed by atoms with E-state index in [2.05, 4.69) is 165 Å². The fourth-order valence-corrected chi connectivity index (χ4v) is 8.97. The van der Waals surface area contributed by atoms with Crippen molar-refractivity contribution in [2.45, 2.75) is 106 Å². The number of furan rings is 1. The standard InChI is InChI=1S/C43H40N3O.C16H17FN.Ir/c1-24(2)29-11-9-12-30(25(3)4)38(29)46-39-36(19-20-44-41(39)43(6,7)8)45-42(46)33-14-10-13-32-35-22-28-17-16-27-21-26(5)15-18-31(27)34(28)23-37(35)47-40(32)33;1-11-5-7-13(14(17)9-11)15-8-6-12(10-18-15)16(2,3)4;/h9-13,15-25H,1-8H3;5-6,8-10H,1-4H3;/q2*-1;/i;1D3;. The first-order valence-corrected chi connectivity index (χ1v) is 22.5. The molecule has 0 saturated heterocycles. The largest absolute Gasteiger partial charge is 0.501 e. The van der Waals surface area contributed by atoms with Gasteiger partial charge < -0.3 is 14.0 Å². The van der Waals surface area contributed by atoms with Gasteiger partial charge in [-0.1, -0.05) is 159 Å². The summed E-state index contributed by atoms with van der Waals surface area (Å²) in [7, 11) is 0. The van der Waals surface area contributed by atoms with Gasteiger partial charge in [0.15, 0.2) is 0 Å². The van der Waals surface area contributed by atoms with Crippen molar-refractivity contribution in [2.24, 2.45) is 0 Å². The van der Waals surface area contributed by atoms with E-state index in [4.69, 9.17) is 18.5 Å². The molecule has 0 N–H and O–H groups in total. The number of hydrogen-bond donors (Lipinski definition) is 0. The van der Waals surface area contributed by atoms with Gasteiger partial charge in [-0.15, -0.1) is 42.0 Å². The van der Waals surface area contributed by atoms with E-state index in [1.807, 2.05) is 24.4 Å². The Morgan fingerprint density at radius 1 is 0.712 bits per heavy atom. The number of imidazole rings is 1. The molecule has 4 aromatic heterocycles. The van der Waals surface area contributed by atoms with Crippen LogP contribution in [0.15, 0.2) is 120 Å². The number of hydrogen-bond acceptors (Lipinski definition) is 4. The fourth-order valence-electron chi connectivity index (χ4n) is 8.97. The summed E-state index contributed by atoms with van der Waals surface area (Å²) in [5.41, 5.74) is 11.9. The van der Waals surface area contributed by atoms with Crippen molar-refractivity contribution < 1.29 is 33.0 Å². The molecule has 0 aliphatic heterocycles. The molecular formula is C59H57FIrN4O-2. The van der Waals surface area contributed by atoms with Gasteiger partial charge in [-0.05, 0) is 86.3 Å². The predicted molar refractivity (Wildman–Crippen MR) is 269 cm³/mol. The second kappa shape index (κ2) is 17.7. The first-order valence-electron chi connectivity index (χ1n) is 24.0. The Morgan fingerprint density at radius 2 is 1.44 bits per heavy atom. The summed E-state index contributed by atoms with van der Waals surface area (Å²) >= 11 is 0. The second-order valence-corrected chi connectivity index (χ2v) is 20.0. The molecule has 0 spiro atoms. The number of pyridine rings is 2. The molecule has 0 saturated carbocycles. The maximum Gasteiger partial charge on any atom is 0.121 e. The van der Waals surface area contributed by atoms with Crippen LogP contribution in [0.1, 0.15) is 119 Å². The monoisotopic (exact) mass is 1050 g/mol. The van der Waals surface area contributed by atoms with Crippen molar-refractivity contribution >= 4 is 54.5 Å². The minimum Gasteiger partial charge on any atom is -0.501 e. The zero-order valence-electron chi connectivity index (χ0n) is 42.5. The molecule has 0 fully saturated rings. The van der Waals surface area contributed by atoms with Crippen LogP contribution in [-0.2, 0) is 30.9 Å². The van der Waals surface area contributed by atoms with Crippen molar-refractivity contribution in [3.05, 3.63) is 167 Å². The predicted octanol–water partition coefficient (Wildman–Crippen LogP) is 16.2. The van der Waals surface area contributed by atoms with Crippen LogP contribution in [-0.4, -0.2) is 19.5 Å². The molecule has 10 rings (SSSR count). The summed E-state index contributed by atoms with van der Waals surface area (Å²) in [5.74, 6) is 0.810. The molecule has 337 valence electrons. The second-order valence-electron chi connectivity index (χ2n) is 20.0. The summed E-state index contributed by atoms with van der Waals surface area (Å²) in [6.45, 7) is 21.8. The van der Waals surface area contributed by atoms with E-state index >= 15 is 0 Å². The Morgan fingerprint density at radius 3 is 2.08 bits per heavy atom. The third-order valence-electron chi connectivity index (χ3n) is 12.4. The number of nitrogens with zero attached hydrogens (tertiary/aromatic N) is 4. The first kappa shape index (κ1) is 42.6. The normalized spacial score (nSPS) is 13.0. The molecule has 0 amide bonds. The van der Waals surface area contributed by atoms with Gasteiger partial charge in [0.05, 0.1) is 28.1 Å². The maximum atomic E-state index is 14.1. The summed E-state index contributed by atoms with van der Waals surface area (Å²) in [5, 5.41) is 7.03. The van der Waals surface area contributed by atoms with Gasteiger partial charge in [0.25, 0.3) is 0 Å². The number of rotatable bonds is 5. The van der Waals surface area contributed by atoms with Crippen LogP contribution in [0.3, 0.4) is 0 Å². The Balaban J connectivity index is 0.000000246. The Kier molecular flexibility index (Phi) is 11.4. The third-order valence-corrected chi connectivity index (χ3v) is 12.4. The van der Waals surface area contributed by atoms with Gasteiger partial charge in [0, 0.05) is 58.9 Å². The molecule has 0 aliphatic rings. The summed E-state index contributed by atoms with van der Waals surface area (Å²) < 4.78 is 45.1. The minimum atomic E-state index is -2.33. The molecule has 1 radical (unpaired) electrons. The molecule has 0 unspecified atom stereocenters. The van der Waals surface area contributed by atoms with E-state index in [-0.39, 0.29) is 42.1 Å². The van der Waals surface area contributed by atoms with E-state index in [0.29, 0.717) is 17.5 Å². The molecule has 7 heteroatoms. The molecule has 5 nitrogen and oxygen atoms in total. The molecule has 0 atom stereocenters. The first-order chi connectivity index (χ1) is 32.1. The SMILES string of the molecule is Cc1ccc2c(ccc3cc4c(cc32)oc2c(-c3nc5ccnc(C(C)(C)C)c5n3-c3c(C(C)C)cccc3C(C)C)[c-]ccc24)c1.[2H]C([2H])([2H])c1c[c-]c(-c2ccc(C(C)(C)C)cn2)c(F)c1.[Ir]. The van der Waals surface area contributed by atoms with Crippen molar-refractivity contribution in [2.75, 3.05) is 0 Å². The van der Waals surface area contributed by atoms with Gasteiger partial charge in [-0.2, -0.15) is 0 Å². The molecule has 6 aromatic carbocycles. The average molecular weight is 1050 g/mol. The van der Waals surface area contributed by atoms with Crippen LogP contribution in [0, 0.1) is 31.7 Å². The van der Waals surface area contributed by atoms with Crippen molar-refractivity contribution in [1.82, 2.24) is 19.5 Å². The molecule has 66 heavy (non-hydrogen) atoms. The summed E-state index contributed by atoms with van der Waals surface area (Å²) in [6, 6.07) is 40.7. The van der Waals surface area contributed by atoms with Gasteiger partial charge in [-0.3, -0.25) is 14.4 Å². The quantitative estimate of drug-likeness (QED) is 0.127. The van der Waals surface area contributed by atoms with Gasteiger partial charge >= 0.3 is 0 Å². The van der Waals surface area contributed by atoms with E-state index in [1.54, 1.807) is 12.3 Å². The minimum absolute atomic E-state index is 0. The van der Waals surface area contributed by atoms with E-state index < -0.39 is 12.7 Å². The Hall–Kier alpha value is -6.01. The van der Waals surface area contributed by atoms with E-state index in [1.165, 1.54) is 50.0 Å². The number of para-hydroxylation sites is 1. The Labute approximate surface area is 406 Å². The van der Waals surface area contributed by atoms with Gasteiger partial charge in [-0.25, -0.2) is 0 Å². The number of aryl methyl sites for hydroxylation is 2. The molecule has 0 bridgehead atoms. The van der Waals surface area contributed by atoms with E-state index in [9.17, 15) is 4.39 Å². The topological polar surface area (TPSA) is 56.7 Å². The molecule has 4 heterocycles. The van der Waals surface area contributed by atoms with Crippen LogP contribution in [0.4, 0.5) is 4.39 Å². The van der Waals surface area contributed by atoms with Crippen molar-refractivity contribution in [3.8, 4) is 28.3 Å². The smallest absolute Gasteiger partial charge is 0.121 e. The number of benzene rings is 6. The zero-order chi connectivity index (χ0) is 48.6. The van der Waals surface area contributed by atoms with E-state index in [0.717, 1.165) is 61.7 Å². The average Bonchev–Trinajstić information content (AvgIpc) is 3.85. The molecular weight excluding hydrogens is 992 g/mol. The van der Waals surface area contributed by atoms with Gasteiger partial charge in [0.2, 0.25) is 0 Å². The third kappa shape index (κ3) is 8.48. The van der Waals surface area contributed by atoms with Crippen LogP contribution >= 0.6 is 0 Å². The Bertz CT molecular complexity index is 3530. The van der Waals surface area contributed by atoms with Gasteiger partial charge in [0.1, 0.15) is 5.58 Å².